The van der Waals surface area contributed by atoms with Gasteiger partial charge < -0.3 is 14.4 Å². The van der Waals surface area contributed by atoms with Crippen LogP contribution < -0.4 is 0 Å². The van der Waals surface area contributed by atoms with Crippen LogP contribution >= 0.6 is 0 Å². The first-order valence-electron chi connectivity index (χ1n) is 8.23. The Morgan fingerprint density at radius 2 is 1.96 bits per heavy atom. The van der Waals surface area contributed by atoms with Crippen LogP contribution in [0, 0.1) is 0 Å². The van der Waals surface area contributed by atoms with Gasteiger partial charge in [0.2, 0.25) is 0 Å². The molecule has 1 N–H and O–H groups in total. The smallest absolute Gasteiger partial charge is 0.326 e. The van der Waals surface area contributed by atoms with E-state index >= 15 is 0 Å². The molecule has 1 unspecified atom stereocenters. The van der Waals surface area contributed by atoms with Gasteiger partial charge in [0.25, 0.3) is 5.91 Å². The predicted molar refractivity (Wildman–Crippen MR) is 93.2 cm³/mol. The largest absolute Gasteiger partial charge is 0.480 e. The Labute approximate surface area is 144 Å². The molecular weight excluding hydrogens is 318 g/mol. The van der Waals surface area contributed by atoms with Crippen LogP contribution in [-0.2, 0) is 11.3 Å². The van der Waals surface area contributed by atoms with Gasteiger partial charge in [0.05, 0.1) is 6.26 Å². The molecule has 5 nitrogen and oxygen atoms in total. The van der Waals surface area contributed by atoms with E-state index in [4.69, 9.17) is 4.42 Å². The van der Waals surface area contributed by atoms with Gasteiger partial charge in [-0.3, -0.25) is 4.79 Å². The number of fused-ring (bicyclic) bond motifs is 2. The predicted octanol–water partition coefficient (Wildman–Crippen LogP) is 3.92. The SMILES string of the molecule is CCC(C(=O)O)N1Cc2ccc(-c3ccc4occc4c3)cc2C1=O. The molecule has 1 aliphatic heterocycles. The standard InChI is InChI=1S/C20H17NO4/c1-2-17(20(23)24)21-11-15-4-3-13(10-16(15)19(21)22)12-5-6-18-14(9-12)7-8-25-18/h3-10,17H,2,11H2,1H3,(H,23,24). The third-order valence-electron chi connectivity index (χ3n) is 4.78. The van der Waals surface area contributed by atoms with Gasteiger partial charge in [-0.05, 0) is 47.4 Å². The Hall–Kier alpha value is -3.08. The van der Waals surface area contributed by atoms with Gasteiger partial charge in [-0.15, -0.1) is 0 Å². The number of amides is 1. The summed E-state index contributed by atoms with van der Waals surface area (Å²) in [7, 11) is 0. The third-order valence-corrected chi connectivity index (χ3v) is 4.78. The molecule has 4 rings (SSSR count). The maximum Gasteiger partial charge on any atom is 0.326 e. The molecule has 3 aromatic rings. The first-order valence-corrected chi connectivity index (χ1v) is 8.23. The zero-order valence-electron chi connectivity index (χ0n) is 13.7. The summed E-state index contributed by atoms with van der Waals surface area (Å²) in [6.45, 7) is 2.13. The molecule has 2 heterocycles. The van der Waals surface area contributed by atoms with Gasteiger partial charge in [-0.25, -0.2) is 4.79 Å². The van der Waals surface area contributed by atoms with Crippen LogP contribution in [0.4, 0.5) is 0 Å². The van der Waals surface area contributed by atoms with Crippen LogP contribution in [0.25, 0.3) is 22.1 Å². The summed E-state index contributed by atoms with van der Waals surface area (Å²) in [5.74, 6) is -1.18. The number of benzene rings is 2. The van der Waals surface area contributed by atoms with Crippen LogP contribution in [0.1, 0.15) is 29.3 Å². The van der Waals surface area contributed by atoms with Crippen molar-refractivity contribution < 1.29 is 19.1 Å². The lowest BCUT2D eigenvalue weighted by molar-refractivity contribution is -0.142. The minimum atomic E-state index is -0.964. The first kappa shape index (κ1) is 15.4. The summed E-state index contributed by atoms with van der Waals surface area (Å²) in [5, 5.41) is 10.3. The highest BCUT2D eigenvalue weighted by Crippen LogP contribution is 2.31. The summed E-state index contributed by atoms with van der Waals surface area (Å²) in [5.41, 5.74) is 4.20. The lowest BCUT2D eigenvalue weighted by Gasteiger charge is -2.22. The Kier molecular flexibility index (Phi) is 3.57. The molecule has 126 valence electrons. The number of rotatable bonds is 4. The molecule has 2 aromatic carbocycles. The number of carboxylic acid groups (broad SMARTS) is 1. The second-order valence-corrected chi connectivity index (χ2v) is 6.24. The minimum Gasteiger partial charge on any atom is -0.480 e. The van der Waals surface area contributed by atoms with Crippen LogP contribution in [0.2, 0.25) is 0 Å². The van der Waals surface area contributed by atoms with Crippen molar-refractivity contribution in [3.63, 3.8) is 0 Å². The highest BCUT2D eigenvalue weighted by molar-refractivity contribution is 6.01. The summed E-state index contributed by atoms with van der Waals surface area (Å²) in [6.07, 6.45) is 2.04. The van der Waals surface area contributed by atoms with Crippen LogP contribution in [-0.4, -0.2) is 27.9 Å². The van der Waals surface area contributed by atoms with Crippen LogP contribution in [0.5, 0.6) is 0 Å². The van der Waals surface area contributed by atoms with Gasteiger partial charge in [0.1, 0.15) is 11.6 Å². The van der Waals surface area contributed by atoms with Gasteiger partial charge in [-0.1, -0.05) is 25.1 Å². The molecule has 1 amide bonds. The van der Waals surface area contributed by atoms with Crippen LogP contribution in [0.3, 0.4) is 0 Å². The zero-order valence-corrected chi connectivity index (χ0v) is 13.7. The summed E-state index contributed by atoms with van der Waals surface area (Å²) in [6, 6.07) is 12.7. The van der Waals surface area contributed by atoms with E-state index in [0.29, 0.717) is 18.5 Å². The zero-order chi connectivity index (χ0) is 17.6. The van der Waals surface area contributed by atoms with E-state index in [1.54, 1.807) is 13.2 Å². The van der Waals surface area contributed by atoms with E-state index in [2.05, 4.69) is 0 Å². The topological polar surface area (TPSA) is 70.8 Å². The third kappa shape index (κ3) is 2.48. The molecule has 0 saturated carbocycles. The minimum absolute atomic E-state index is 0.213. The molecule has 0 radical (unpaired) electrons. The number of nitrogens with zero attached hydrogens (tertiary/aromatic N) is 1. The van der Waals surface area contributed by atoms with Crippen molar-refractivity contribution in [2.75, 3.05) is 0 Å². The molecule has 1 aromatic heterocycles. The molecule has 1 aliphatic rings. The van der Waals surface area contributed by atoms with Crippen molar-refractivity contribution in [3.05, 3.63) is 59.9 Å². The van der Waals surface area contributed by atoms with E-state index in [9.17, 15) is 14.7 Å². The summed E-state index contributed by atoms with van der Waals surface area (Å²) in [4.78, 5) is 25.5. The lowest BCUT2D eigenvalue weighted by Crippen LogP contribution is -2.40. The van der Waals surface area contributed by atoms with Crippen molar-refractivity contribution in [1.82, 2.24) is 4.90 Å². The number of aliphatic carboxylic acids is 1. The second-order valence-electron chi connectivity index (χ2n) is 6.24. The van der Waals surface area contributed by atoms with E-state index in [0.717, 1.165) is 27.7 Å². The van der Waals surface area contributed by atoms with E-state index in [-0.39, 0.29) is 5.91 Å². The Morgan fingerprint density at radius 3 is 2.72 bits per heavy atom. The fraction of sp³-hybridized carbons (Fsp3) is 0.200. The van der Waals surface area contributed by atoms with Crippen molar-refractivity contribution in [2.45, 2.75) is 25.9 Å². The first-order chi connectivity index (χ1) is 12.1. The molecule has 0 spiro atoms. The molecule has 5 heteroatoms. The molecule has 0 fully saturated rings. The maximum absolute atomic E-state index is 12.7. The van der Waals surface area contributed by atoms with Gasteiger partial charge >= 0.3 is 5.97 Å². The van der Waals surface area contributed by atoms with Crippen molar-refractivity contribution >= 4 is 22.8 Å². The monoisotopic (exact) mass is 335 g/mol. The Balaban J connectivity index is 1.71. The molecule has 0 bridgehead atoms. The van der Waals surface area contributed by atoms with E-state index in [1.165, 1.54) is 4.90 Å². The Bertz CT molecular complexity index is 988. The second kappa shape index (κ2) is 5.77. The van der Waals surface area contributed by atoms with Gasteiger partial charge in [-0.2, -0.15) is 0 Å². The van der Waals surface area contributed by atoms with Crippen molar-refractivity contribution in [3.8, 4) is 11.1 Å². The fourth-order valence-corrected chi connectivity index (χ4v) is 3.43. The van der Waals surface area contributed by atoms with Crippen molar-refractivity contribution in [2.24, 2.45) is 0 Å². The number of carbonyl (C=O) groups excluding carboxylic acids is 1. The number of hydrogen-bond acceptors (Lipinski definition) is 3. The van der Waals surface area contributed by atoms with E-state index in [1.807, 2.05) is 42.5 Å². The number of hydrogen-bond donors (Lipinski definition) is 1. The number of carbonyl (C=O) groups is 2. The van der Waals surface area contributed by atoms with Gasteiger partial charge in [0, 0.05) is 17.5 Å². The quantitative estimate of drug-likeness (QED) is 0.784. The number of furan rings is 1. The summed E-state index contributed by atoms with van der Waals surface area (Å²) < 4.78 is 5.36. The highest BCUT2D eigenvalue weighted by Gasteiger charge is 2.35. The van der Waals surface area contributed by atoms with E-state index < -0.39 is 12.0 Å². The average Bonchev–Trinajstić information content (AvgIpc) is 3.19. The molecule has 0 aliphatic carbocycles. The molecule has 0 saturated heterocycles. The maximum atomic E-state index is 12.7. The Morgan fingerprint density at radius 1 is 1.20 bits per heavy atom. The number of carboxylic acids is 1. The molecular formula is C20H17NO4. The fourth-order valence-electron chi connectivity index (χ4n) is 3.43. The van der Waals surface area contributed by atoms with Crippen LogP contribution in [0.15, 0.2) is 53.1 Å². The summed E-state index contributed by atoms with van der Waals surface area (Å²) >= 11 is 0. The molecule has 25 heavy (non-hydrogen) atoms. The van der Waals surface area contributed by atoms with Gasteiger partial charge in [0.15, 0.2) is 0 Å². The lowest BCUT2D eigenvalue weighted by atomic mass is 9.99. The highest BCUT2D eigenvalue weighted by atomic mass is 16.4. The normalized spacial score (nSPS) is 14.8. The van der Waals surface area contributed by atoms with Crippen molar-refractivity contribution in [1.29, 1.82) is 0 Å². The molecule has 1 atom stereocenters. The average molecular weight is 335 g/mol.